The molecule has 2 fully saturated rings. The van der Waals surface area contributed by atoms with Crippen molar-refractivity contribution < 1.29 is 26.3 Å². The number of nitrogens with one attached hydrogen (secondary N) is 2. The summed E-state index contributed by atoms with van der Waals surface area (Å²) < 4.78 is 82.5. The first-order valence-corrected chi connectivity index (χ1v) is 10.4. The Kier molecular flexibility index (Phi) is 5.42. The van der Waals surface area contributed by atoms with E-state index in [4.69, 9.17) is 5.73 Å². The third-order valence-corrected chi connectivity index (χ3v) is 6.01. The fraction of sp³-hybridized carbons (Fsp3) is 0.650. The lowest BCUT2D eigenvalue weighted by Crippen LogP contribution is -2.66. The summed E-state index contributed by atoms with van der Waals surface area (Å²) in [5.74, 6) is -11.6. The summed E-state index contributed by atoms with van der Waals surface area (Å²) in [4.78, 5) is 12.5. The van der Waals surface area contributed by atoms with Crippen LogP contribution in [-0.2, 0) is 5.92 Å². The van der Waals surface area contributed by atoms with Gasteiger partial charge in [0.25, 0.3) is 5.92 Å². The smallest absolute Gasteiger partial charge is 0.286 e. The van der Waals surface area contributed by atoms with Crippen molar-refractivity contribution in [3.63, 3.8) is 0 Å². The third-order valence-electron chi connectivity index (χ3n) is 6.01. The van der Waals surface area contributed by atoms with Gasteiger partial charge < -0.3 is 10.6 Å². The lowest BCUT2D eigenvalue weighted by Gasteiger charge is -2.38. The topological polar surface area (TPSA) is 87.7 Å². The number of nitrogens with two attached hydrogens (primary N) is 1. The van der Waals surface area contributed by atoms with E-state index in [1.165, 1.54) is 12.1 Å². The number of rotatable bonds is 4. The maximum absolute atomic E-state index is 13.9. The molecule has 2 heterocycles. The first kappa shape index (κ1) is 22.8. The van der Waals surface area contributed by atoms with Crippen LogP contribution in [0.25, 0.3) is 0 Å². The highest BCUT2D eigenvalue weighted by atomic mass is 19.3. The van der Waals surface area contributed by atoms with Gasteiger partial charge in [-0.2, -0.15) is 8.78 Å². The predicted molar refractivity (Wildman–Crippen MR) is 106 cm³/mol. The van der Waals surface area contributed by atoms with E-state index < -0.39 is 54.0 Å². The quantitative estimate of drug-likeness (QED) is 0.596. The molecule has 176 valence electrons. The molecule has 1 aromatic heterocycles. The van der Waals surface area contributed by atoms with E-state index in [-0.39, 0.29) is 43.2 Å². The summed E-state index contributed by atoms with van der Waals surface area (Å²) in [6.07, 6.45) is -1.45. The molecular weight excluding hydrogens is 438 g/mol. The van der Waals surface area contributed by atoms with Gasteiger partial charge in [-0.1, -0.05) is 6.07 Å². The number of amidine groups is 1. The van der Waals surface area contributed by atoms with Crippen molar-refractivity contribution in [2.24, 2.45) is 21.6 Å². The Morgan fingerprint density at radius 3 is 2.38 bits per heavy atom. The van der Waals surface area contributed by atoms with Crippen LogP contribution >= 0.6 is 0 Å². The number of alkyl halides is 6. The van der Waals surface area contributed by atoms with Crippen molar-refractivity contribution in [3.05, 3.63) is 29.6 Å². The second-order valence-corrected chi connectivity index (χ2v) is 8.86. The monoisotopic (exact) mass is 462 g/mol. The van der Waals surface area contributed by atoms with Gasteiger partial charge in [0, 0.05) is 38.5 Å². The number of aliphatic imine (C=N–C) groups is 2. The van der Waals surface area contributed by atoms with Crippen molar-refractivity contribution in [3.8, 4) is 0 Å². The van der Waals surface area contributed by atoms with E-state index >= 15 is 0 Å². The third kappa shape index (κ3) is 4.84. The standard InChI is InChI=1S/C20H24F6N6/c1-17(21,22)14-4-2-3-13(29-14)15-30-16(28-12-6-8-19(25,26)10-12)32-20(27,31-15)11-5-7-18(23,24)9-11/h2-4,11-12H,5-10,27H2,1H3,(H2,28,30,31,32). The van der Waals surface area contributed by atoms with E-state index in [2.05, 4.69) is 25.6 Å². The summed E-state index contributed by atoms with van der Waals surface area (Å²) in [6.45, 7) is 0.692. The van der Waals surface area contributed by atoms with E-state index in [0.29, 0.717) is 6.92 Å². The van der Waals surface area contributed by atoms with Gasteiger partial charge in [0.2, 0.25) is 11.8 Å². The molecule has 6 nitrogen and oxygen atoms in total. The van der Waals surface area contributed by atoms with Crippen molar-refractivity contribution >= 4 is 11.8 Å². The van der Waals surface area contributed by atoms with Gasteiger partial charge in [0.15, 0.2) is 17.6 Å². The lowest BCUT2D eigenvalue weighted by atomic mass is 9.98. The molecule has 3 unspecified atom stereocenters. The highest BCUT2D eigenvalue weighted by Crippen LogP contribution is 2.43. The molecule has 0 spiro atoms. The number of aromatic nitrogens is 1. The Balaban J connectivity index is 1.70. The molecule has 2 aliphatic carbocycles. The number of halogens is 6. The summed E-state index contributed by atoms with van der Waals surface area (Å²) in [6, 6.07) is 3.20. The number of guanidine groups is 1. The average Bonchev–Trinajstić information content (AvgIpc) is 3.22. The average molecular weight is 462 g/mol. The zero-order valence-corrected chi connectivity index (χ0v) is 17.3. The van der Waals surface area contributed by atoms with E-state index in [0.717, 1.165) is 6.07 Å². The molecule has 4 N–H and O–H groups in total. The molecule has 1 aliphatic heterocycles. The Bertz CT molecular complexity index is 943. The molecule has 1 aromatic rings. The van der Waals surface area contributed by atoms with Gasteiger partial charge >= 0.3 is 0 Å². The molecule has 2 saturated carbocycles. The maximum Gasteiger partial charge on any atom is 0.286 e. The molecule has 0 radical (unpaired) electrons. The summed E-state index contributed by atoms with van der Waals surface area (Å²) in [5.41, 5.74) is 5.87. The highest BCUT2D eigenvalue weighted by Gasteiger charge is 2.50. The van der Waals surface area contributed by atoms with Crippen molar-refractivity contribution in [1.29, 1.82) is 0 Å². The van der Waals surface area contributed by atoms with Crippen LogP contribution in [0.5, 0.6) is 0 Å². The van der Waals surface area contributed by atoms with Gasteiger partial charge in [-0.15, -0.1) is 0 Å². The van der Waals surface area contributed by atoms with Gasteiger partial charge in [-0.3, -0.25) is 5.73 Å². The van der Waals surface area contributed by atoms with Crippen molar-refractivity contribution in [1.82, 2.24) is 15.6 Å². The molecule has 4 rings (SSSR count). The first-order valence-electron chi connectivity index (χ1n) is 10.4. The van der Waals surface area contributed by atoms with Crippen molar-refractivity contribution in [2.45, 2.75) is 75.0 Å². The summed E-state index contributed by atoms with van der Waals surface area (Å²) in [5, 5.41) is 5.55. The fourth-order valence-electron chi connectivity index (χ4n) is 4.31. The van der Waals surface area contributed by atoms with Gasteiger partial charge in [0.1, 0.15) is 11.4 Å². The molecule has 0 saturated heterocycles. The van der Waals surface area contributed by atoms with Crippen LogP contribution in [0, 0.1) is 5.92 Å². The fourth-order valence-corrected chi connectivity index (χ4v) is 4.31. The summed E-state index contributed by atoms with van der Waals surface area (Å²) >= 11 is 0. The van der Waals surface area contributed by atoms with E-state index in [1.807, 2.05) is 0 Å². The molecule has 32 heavy (non-hydrogen) atoms. The number of hydrogen-bond acceptors (Lipinski definition) is 4. The SMILES string of the molecule is CC(F)(F)c1cccc(C2=NC(N)(C3CCC(F)(F)C3)NC(=NC3CCC(F)(F)C3)N2)n1. The normalized spacial score (nSPS) is 33.0. The molecule has 12 heteroatoms. The van der Waals surface area contributed by atoms with Crippen LogP contribution < -0.4 is 16.4 Å². The number of nitrogens with zero attached hydrogens (tertiary/aromatic N) is 3. The molecule has 3 atom stereocenters. The minimum atomic E-state index is -3.22. The van der Waals surface area contributed by atoms with Crippen LogP contribution in [0.1, 0.15) is 56.8 Å². The zero-order valence-electron chi connectivity index (χ0n) is 17.3. The van der Waals surface area contributed by atoms with Crippen LogP contribution in [0.4, 0.5) is 26.3 Å². The Labute approximate surface area is 180 Å². The number of hydrogen-bond donors (Lipinski definition) is 3. The first-order chi connectivity index (χ1) is 14.7. The molecular formula is C20H24F6N6. The van der Waals surface area contributed by atoms with Gasteiger partial charge in [-0.25, -0.2) is 32.5 Å². The molecule has 0 amide bonds. The minimum Gasteiger partial charge on any atom is -0.319 e. The largest absolute Gasteiger partial charge is 0.319 e. The molecule has 3 aliphatic rings. The molecule has 0 aromatic carbocycles. The summed E-state index contributed by atoms with van der Waals surface area (Å²) in [7, 11) is 0. The second-order valence-electron chi connectivity index (χ2n) is 8.86. The van der Waals surface area contributed by atoms with E-state index in [1.54, 1.807) is 0 Å². The van der Waals surface area contributed by atoms with E-state index in [9.17, 15) is 26.3 Å². The highest BCUT2D eigenvalue weighted by molar-refractivity contribution is 6.09. The van der Waals surface area contributed by atoms with Crippen LogP contribution in [0.2, 0.25) is 0 Å². The maximum atomic E-state index is 13.9. The Morgan fingerprint density at radius 1 is 1.09 bits per heavy atom. The predicted octanol–water partition coefficient (Wildman–Crippen LogP) is 3.72. The van der Waals surface area contributed by atoms with Crippen LogP contribution in [0.15, 0.2) is 28.2 Å². The minimum absolute atomic E-state index is 0.00885. The lowest BCUT2D eigenvalue weighted by molar-refractivity contribution is 0.000191. The Hall–Kier alpha value is -2.37. The van der Waals surface area contributed by atoms with Crippen molar-refractivity contribution in [2.75, 3.05) is 0 Å². The zero-order chi connectivity index (χ0) is 23.4. The van der Waals surface area contributed by atoms with Crippen LogP contribution in [-0.4, -0.2) is 40.5 Å². The molecule has 0 bridgehead atoms. The second kappa shape index (κ2) is 7.60. The Morgan fingerprint density at radius 2 is 1.78 bits per heavy atom. The number of pyridine rings is 1. The van der Waals surface area contributed by atoms with Crippen LogP contribution in [0.3, 0.4) is 0 Å². The van der Waals surface area contributed by atoms with Gasteiger partial charge in [0.05, 0.1) is 6.04 Å². The van der Waals surface area contributed by atoms with Gasteiger partial charge in [-0.05, 0) is 25.0 Å².